The van der Waals surface area contributed by atoms with Gasteiger partial charge in [0.15, 0.2) is 0 Å². The summed E-state index contributed by atoms with van der Waals surface area (Å²) in [6, 6.07) is 0.0719. The number of carbonyl (C=O) groups excluding carboxylic acids is 1. The van der Waals surface area contributed by atoms with Gasteiger partial charge in [-0.15, -0.1) is 0 Å². The molecule has 0 aromatic carbocycles. The molecule has 6 heteroatoms. The number of sulfonamides is 1. The molecule has 1 aliphatic heterocycles. The first-order chi connectivity index (χ1) is 8.54. The highest BCUT2D eigenvalue weighted by Gasteiger charge is 2.40. The third kappa shape index (κ3) is 2.75. The Morgan fingerprint density at radius 3 is 2.78 bits per heavy atom. The molecule has 1 N–H and O–H groups in total. The van der Waals surface area contributed by atoms with Gasteiger partial charge in [-0.3, -0.25) is 4.79 Å². The fourth-order valence-electron chi connectivity index (χ4n) is 2.97. The molecular weight excluding hydrogens is 252 g/mol. The first-order valence-corrected chi connectivity index (χ1v) is 8.05. The molecule has 1 saturated heterocycles. The van der Waals surface area contributed by atoms with E-state index < -0.39 is 10.0 Å². The SMILES string of the molecule is C=CC(=O)NCC1CCCC1N1CCCS1(=O)=O. The maximum absolute atomic E-state index is 11.9. The van der Waals surface area contributed by atoms with Crippen LogP contribution >= 0.6 is 0 Å². The molecule has 1 aliphatic carbocycles. The van der Waals surface area contributed by atoms with Crippen LogP contribution in [0.4, 0.5) is 0 Å². The van der Waals surface area contributed by atoms with Crippen molar-refractivity contribution in [1.82, 2.24) is 9.62 Å². The summed E-state index contributed by atoms with van der Waals surface area (Å²) in [6.07, 6.45) is 4.90. The summed E-state index contributed by atoms with van der Waals surface area (Å²) in [7, 11) is -3.05. The Balaban J connectivity index is 1.99. The molecular formula is C12H20N2O3S. The van der Waals surface area contributed by atoms with E-state index in [0.29, 0.717) is 13.1 Å². The van der Waals surface area contributed by atoms with Crippen molar-refractivity contribution in [2.45, 2.75) is 31.7 Å². The predicted molar refractivity (Wildman–Crippen MR) is 69.4 cm³/mol. The summed E-state index contributed by atoms with van der Waals surface area (Å²) in [4.78, 5) is 11.2. The Morgan fingerprint density at radius 2 is 2.17 bits per heavy atom. The van der Waals surface area contributed by atoms with E-state index in [1.165, 1.54) is 6.08 Å². The molecule has 0 aromatic heterocycles. The Labute approximate surface area is 108 Å². The third-order valence-corrected chi connectivity index (χ3v) is 5.82. The van der Waals surface area contributed by atoms with E-state index >= 15 is 0 Å². The van der Waals surface area contributed by atoms with Crippen LogP contribution in [-0.4, -0.2) is 43.5 Å². The van der Waals surface area contributed by atoms with Gasteiger partial charge in [-0.2, -0.15) is 4.31 Å². The van der Waals surface area contributed by atoms with Crippen LogP contribution in [0.15, 0.2) is 12.7 Å². The van der Waals surface area contributed by atoms with Crippen molar-refractivity contribution in [3.8, 4) is 0 Å². The summed E-state index contributed by atoms with van der Waals surface area (Å²) < 4.78 is 25.5. The van der Waals surface area contributed by atoms with E-state index in [4.69, 9.17) is 0 Å². The van der Waals surface area contributed by atoms with Crippen molar-refractivity contribution >= 4 is 15.9 Å². The smallest absolute Gasteiger partial charge is 0.243 e. The van der Waals surface area contributed by atoms with Gasteiger partial charge in [0.2, 0.25) is 15.9 Å². The van der Waals surface area contributed by atoms with Crippen LogP contribution in [0.1, 0.15) is 25.7 Å². The summed E-state index contributed by atoms with van der Waals surface area (Å²) in [5, 5.41) is 2.78. The highest BCUT2D eigenvalue weighted by atomic mass is 32.2. The van der Waals surface area contributed by atoms with Gasteiger partial charge in [-0.1, -0.05) is 13.0 Å². The second kappa shape index (κ2) is 5.40. The number of hydrogen-bond acceptors (Lipinski definition) is 3. The molecule has 0 bridgehead atoms. The average molecular weight is 272 g/mol. The van der Waals surface area contributed by atoms with E-state index in [1.54, 1.807) is 4.31 Å². The lowest BCUT2D eigenvalue weighted by Crippen LogP contribution is -2.42. The van der Waals surface area contributed by atoms with Crippen molar-refractivity contribution in [2.24, 2.45) is 5.92 Å². The Bertz CT molecular complexity index is 433. The minimum atomic E-state index is -3.05. The van der Waals surface area contributed by atoms with Gasteiger partial charge in [0.1, 0.15) is 0 Å². The third-order valence-electron chi connectivity index (χ3n) is 3.85. The number of carbonyl (C=O) groups is 1. The molecule has 1 saturated carbocycles. The zero-order valence-electron chi connectivity index (χ0n) is 10.5. The fraction of sp³-hybridized carbons (Fsp3) is 0.750. The summed E-state index contributed by atoms with van der Waals surface area (Å²) >= 11 is 0. The molecule has 2 fully saturated rings. The normalized spacial score (nSPS) is 31.3. The molecule has 0 spiro atoms. The molecule has 2 rings (SSSR count). The molecule has 0 radical (unpaired) electrons. The lowest BCUT2D eigenvalue weighted by Gasteiger charge is -2.28. The first-order valence-electron chi connectivity index (χ1n) is 6.44. The predicted octanol–water partition coefficient (Wildman–Crippen LogP) is 0.493. The fourth-order valence-corrected chi connectivity index (χ4v) is 4.80. The maximum atomic E-state index is 11.9. The number of amides is 1. The molecule has 102 valence electrons. The highest BCUT2D eigenvalue weighted by molar-refractivity contribution is 7.89. The summed E-state index contributed by atoms with van der Waals surface area (Å²) in [5.74, 6) is 0.321. The van der Waals surface area contributed by atoms with Gasteiger partial charge in [-0.05, 0) is 31.3 Å². The van der Waals surface area contributed by atoms with Crippen LogP contribution in [0.3, 0.4) is 0 Å². The Hall–Kier alpha value is -0.880. The molecule has 2 aliphatic rings. The van der Waals surface area contributed by atoms with Gasteiger partial charge in [0, 0.05) is 19.1 Å². The van der Waals surface area contributed by atoms with Gasteiger partial charge in [0.05, 0.1) is 5.75 Å². The molecule has 2 atom stereocenters. The quantitative estimate of drug-likeness (QED) is 0.758. The van der Waals surface area contributed by atoms with Crippen LogP contribution in [0.25, 0.3) is 0 Å². The molecule has 1 heterocycles. The van der Waals surface area contributed by atoms with Crippen molar-refractivity contribution in [3.63, 3.8) is 0 Å². The number of hydrogen-bond donors (Lipinski definition) is 1. The van der Waals surface area contributed by atoms with Gasteiger partial charge >= 0.3 is 0 Å². The standard InChI is InChI=1S/C12H20N2O3S/c1-2-12(15)13-9-10-5-3-6-11(10)14-7-4-8-18(14,16)17/h2,10-11H,1,3-9H2,(H,13,15). The lowest BCUT2D eigenvalue weighted by atomic mass is 10.0. The van der Waals surface area contributed by atoms with Crippen LogP contribution in [0.5, 0.6) is 0 Å². The van der Waals surface area contributed by atoms with Gasteiger partial charge in [-0.25, -0.2) is 8.42 Å². The molecule has 0 aromatic rings. The van der Waals surface area contributed by atoms with Crippen molar-refractivity contribution in [3.05, 3.63) is 12.7 Å². The van der Waals surface area contributed by atoms with E-state index in [9.17, 15) is 13.2 Å². The number of rotatable bonds is 4. The second-order valence-corrected chi connectivity index (χ2v) is 7.03. The van der Waals surface area contributed by atoms with E-state index in [2.05, 4.69) is 11.9 Å². The molecule has 18 heavy (non-hydrogen) atoms. The topological polar surface area (TPSA) is 66.5 Å². The van der Waals surface area contributed by atoms with E-state index in [1.807, 2.05) is 0 Å². The highest BCUT2D eigenvalue weighted by Crippen LogP contribution is 2.33. The van der Waals surface area contributed by atoms with Crippen LogP contribution in [-0.2, 0) is 14.8 Å². The molecule has 5 nitrogen and oxygen atoms in total. The van der Waals surface area contributed by atoms with E-state index in [0.717, 1.165) is 25.7 Å². The van der Waals surface area contributed by atoms with Crippen molar-refractivity contribution in [1.29, 1.82) is 0 Å². The zero-order valence-corrected chi connectivity index (χ0v) is 11.3. The maximum Gasteiger partial charge on any atom is 0.243 e. The minimum absolute atomic E-state index is 0.0719. The summed E-state index contributed by atoms with van der Waals surface area (Å²) in [6.45, 7) is 4.59. The van der Waals surface area contributed by atoms with Crippen molar-refractivity contribution < 1.29 is 13.2 Å². The van der Waals surface area contributed by atoms with Crippen molar-refractivity contribution in [2.75, 3.05) is 18.8 Å². The average Bonchev–Trinajstić information content (AvgIpc) is 2.91. The molecule has 1 amide bonds. The Kier molecular flexibility index (Phi) is 4.07. The Morgan fingerprint density at radius 1 is 1.39 bits per heavy atom. The number of nitrogens with one attached hydrogen (secondary N) is 1. The second-order valence-electron chi connectivity index (χ2n) is 4.99. The van der Waals surface area contributed by atoms with Crippen LogP contribution in [0.2, 0.25) is 0 Å². The molecule has 2 unspecified atom stereocenters. The number of nitrogens with zero attached hydrogens (tertiary/aromatic N) is 1. The first kappa shape index (κ1) is 13.5. The zero-order chi connectivity index (χ0) is 13.2. The lowest BCUT2D eigenvalue weighted by molar-refractivity contribution is -0.116. The van der Waals surface area contributed by atoms with Crippen LogP contribution in [0, 0.1) is 5.92 Å². The van der Waals surface area contributed by atoms with Crippen LogP contribution < -0.4 is 5.32 Å². The summed E-state index contributed by atoms with van der Waals surface area (Å²) in [5.41, 5.74) is 0. The van der Waals surface area contributed by atoms with E-state index in [-0.39, 0.29) is 23.6 Å². The monoisotopic (exact) mass is 272 g/mol. The largest absolute Gasteiger partial charge is 0.352 e. The minimum Gasteiger partial charge on any atom is -0.352 e. The van der Waals surface area contributed by atoms with Gasteiger partial charge < -0.3 is 5.32 Å². The van der Waals surface area contributed by atoms with Gasteiger partial charge in [0.25, 0.3) is 0 Å².